The minimum absolute atomic E-state index is 0.126. The lowest BCUT2D eigenvalue weighted by Gasteiger charge is -2.16. The zero-order valence-electron chi connectivity index (χ0n) is 18.2. The molecule has 4 rings (SSSR count). The molecule has 6 nitrogen and oxygen atoms in total. The molecule has 3 aromatic rings. The van der Waals surface area contributed by atoms with Crippen LogP contribution in [0.25, 0.3) is 0 Å². The largest absolute Gasteiger partial charge is 0.573 e. The summed E-state index contributed by atoms with van der Waals surface area (Å²) in [7, 11) is 0. The van der Waals surface area contributed by atoms with Crippen LogP contribution in [0.5, 0.6) is 11.5 Å². The van der Waals surface area contributed by atoms with E-state index in [0.29, 0.717) is 11.3 Å². The van der Waals surface area contributed by atoms with Crippen molar-refractivity contribution < 1.29 is 40.6 Å². The van der Waals surface area contributed by atoms with Crippen molar-refractivity contribution in [1.29, 1.82) is 0 Å². The minimum Gasteiger partial charge on any atom is -0.406 e. The third-order valence-electron chi connectivity index (χ3n) is 5.07. The van der Waals surface area contributed by atoms with Crippen LogP contribution in [-0.4, -0.2) is 36.0 Å². The summed E-state index contributed by atoms with van der Waals surface area (Å²) >= 11 is 0. The minimum atomic E-state index is -4.84. The number of anilines is 1. The highest BCUT2D eigenvalue weighted by Gasteiger charge is 2.34. The molecule has 36 heavy (non-hydrogen) atoms. The molecule has 1 heterocycles. The van der Waals surface area contributed by atoms with Crippen LogP contribution in [0.2, 0.25) is 0 Å². The van der Waals surface area contributed by atoms with Gasteiger partial charge in [0.1, 0.15) is 11.5 Å². The molecule has 0 fully saturated rings. The lowest BCUT2D eigenvalue weighted by Crippen LogP contribution is -2.30. The van der Waals surface area contributed by atoms with Crippen LogP contribution in [0.15, 0.2) is 84.0 Å². The highest BCUT2D eigenvalue weighted by molar-refractivity contribution is 6.07. The third-order valence-corrected chi connectivity index (χ3v) is 5.07. The summed E-state index contributed by atoms with van der Waals surface area (Å²) in [5.41, 5.74) is 1.98. The quantitative estimate of drug-likeness (QED) is 0.399. The predicted molar refractivity (Wildman–Crippen MR) is 118 cm³/mol. The molecule has 0 radical (unpaired) electrons. The average molecular weight is 509 g/mol. The van der Waals surface area contributed by atoms with E-state index in [1.54, 1.807) is 12.1 Å². The first-order valence-electron chi connectivity index (χ1n) is 10.4. The van der Waals surface area contributed by atoms with Crippen LogP contribution in [0.4, 0.5) is 36.8 Å². The smallest absolute Gasteiger partial charge is 0.406 e. The molecule has 1 unspecified atom stereocenters. The highest BCUT2D eigenvalue weighted by atomic mass is 19.4. The van der Waals surface area contributed by atoms with Gasteiger partial charge in [-0.3, -0.25) is 0 Å². The number of amides is 2. The van der Waals surface area contributed by atoms with Crippen molar-refractivity contribution in [2.45, 2.75) is 18.6 Å². The molecule has 0 aromatic heterocycles. The van der Waals surface area contributed by atoms with Gasteiger partial charge in [-0.1, -0.05) is 30.3 Å². The Morgan fingerprint density at radius 3 is 1.86 bits per heavy atom. The Labute approximate surface area is 200 Å². The van der Waals surface area contributed by atoms with E-state index in [1.807, 2.05) is 18.2 Å². The molecule has 2 amide bonds. The van der Waals surface area contributed by atoms with E-state index in [0.717, 1.165) is 34.8 Å². The Balaban J connectivity index is 1.54. The Morgan fingerprint density at radius 1 is 0.806 bits per heavy atom. The molecular formula is C24H17F6N3O3. The topological polar surface area (TPSA) is 63.2 Å². The van der Waals surface area contributed by atoms with E-state index in [4.69, 9.17) is 0 Å². The van der Waals surface area contributed by atoms with Crippen molar-refractivity contribution in [3.63, 3.8) is 0 Å². The number of alkyl halides is 6. The van der Waals surface area contributed by atoms with E-state index < -0.39 is 30.3 Å². The maximum absolute atomic E-state index is 12.8. The summed E-state index contributed by atoms with van der Waals surface area (Å²) in [5, 5.41) is 8.08. The lowest BCUT2D eigenvalue weighted by molar-refractivity contribution is -0.275. The van der Waals surface area contributed by atoms with Gasteiger partial charge >= 0.3 is 18.8 Å². The molecule has 12 heteroatoms. The number of hydrogen-bond acceptors (Lipinski definition) is 4. The fourth-order valence-corrected chi connectivity index (χ4v) is 3.59. The summed E-state index contributed by atoms with van der Waals surface area (Å²) in [6.07, 6.45) is -9.67. The zero-order chi connectivity index (χ0) is 25.9. The predicted octanol–water partition coefficient (Wildman–Crippen LogP) is 6.52. The molecule has 0 bridgehead atoms. The van der Waals surface area contributed by atoms with E-state index >= 15 is 0 Å². The van der Waals surface area contributed by atoms with Gasteiger partial charge in [-0.15, -0.1) is 26.3 Å². The van der Waals surface area contributed by atoms with Crippen LogP contribution in [0, 0.1) is 0 Å². The highest BCUT2D eigenvalue weighted by Crippen LogP contribution is 2.31. The number of nitrogens with one attached hydrogen (secondary N) is 1. The molecular weight excluding hydrogens is 492 g/mol. The van der Waals surface area contributed by atoms with Crippen molar-refractivity contribution in [3.05, 3.63) is 90.0 Å². The van der Waals surface area contributed by atoms with E-state index in [9.17, 15) is 31.1 Å². The molecule has 1 aliphatic heterocycles. The number of hydrogen-bond donors (Lipinski definition) is 1. The lowest BCUT2D eigenvalue weighted by atomic mass is 9.90. The first-order valence-corrected chi connectivity index (χ1v) is 10.4. The summed E-state index contributed by atoms with van der Waals surface area (Å²) in [4.78, 5) is 12.8. The molecule has 1 aliphatic rings. The van der Waals surface area contributed by atoms with Crippen molar-refractivity contribution in [2.24, 2.45) is 5.10 Å². The fraction of sp³-hybridized carbons (Fsp3) is 0.167. The van der Waals surface area contributed by atoms with E-state index in [-0.39, 0.29) is 18.2 Å². The first kappa shape index (κ1) is 24.9. The van der Waals surface area contributed by atoms with Gasteiger partial charge in [0.15, 0.2) is 0 Å². The van der Waals surface area contributed by atoms with E-state index in [1.165, 1.54) is 24.3 Å². The number of halogens is 6. The molecule has 0 saturated carbocycles. The third kappa shape index (κ3) is 6.46. The van der Waals surface area contributed by atoms with Crippen molar-refractivity contribution >= 4 is 17.4 Å². The average Bonchev–Trinajstić information content (AvgIpc) is 3.25. The number of benzene rings is 3. The van der Waals surface area contributed by atoms with Gasteiger partial charge in [0.2, 0.25) is 0 Å². The van der Waals surface area contributed by atoms with E-state index in [2.05, 4.69) is 19.9 Å². The Bertz CT molecular complexity index is 1230. The van der Waals surface area contributed by atoms with Crippen molar-refractivity contribution in [1.82, 2.24) is 5.01 Å². The number of carbonyl (C=O) groups excluding carboxylic acids is 1. The van der Waals surface area contributed by atoms with Gasteiger partial charge in [-0.2, -0.15) is 5.10 Å². The fourth-order valence-electron chi connectivity index (χ4n) is 3.59. The summed E-state index contributed by atoms with van der Waals surface area (Å²) in [6, 6.07) is 18.2. The zero-order valence-corrected chi connectivity index (χ0v) is 18.2. The summed E-state index contributed by atoms with van der Waals surface area (Å²) in [5.74, 6) is -1.22. The number of rotatable bonds is 5. The summed E-state index contributed by atoms with van der Waals surface area (Å²) in [6.45, 7) is 0.126. The van der Waals surface area contributed by atoms with Crippen LogP contribution in [-0.2, 0) is 0 Å². The van der Waals surface area contributed by atoms with Gasteiger partial charge in [0.05, 0.1) is 12.3 Å². The van der Waals surface area contributed by atoms with Crippen LogP contribution < -0.4 is 14.8 Å². The van der Waals surface area contributed by atoms with Gasteiger partial charge < -0.3 is 14.8 Å². The molecule has 0 aliphatic carbocycles. The van der Waals surface area contributed by atoms with Crippen LogP contribution in [0.3, 0.4) is 0 Å². The number of urea groups is 1. The van der Waals surface area contributed by atoms with Crippen LogP contribution in [0.1, 0.15) is 17.0 Å². The molecule has 0 saturated heterocycles. The number of hydrazone groups is 1. The van der Waals surface area contributed by atoms with Gasteiger partial charge in [0, 0.05) is 11.6 Å². The molecule has 1 N–H and O–H groups in total. The second-order valence-electron chi connectivity index (χ2n) is 7.61. The molecule has 188 valence electrons. The molecule has 0 spiro atoms. The Kier molecular flexibility index (Phi) is 6.77. The second-order valence-corrected chi connectivity index (χ2v) is 7.61. The van der Waals surface area contributed by atoms with Crippen LogP contribution >= 0.6 is 0 Å². The summed E-state index contributed by atoms with van der Waals surface area (Å²) < 4.78 is 82.2. The monoisotopic (exact) mass is 509 g/mol. The number of ether oxygens (including phenoxy) is 2. The van der Waals surface area contributed by atoms with Gasteiger partial charge in [0.25, 0.3) is 0 Å². The van der Waals surface area contributed by atoms with Crippen molar-refractivity contribution in [3.8, 4) is 11.5 Å². The Morgan fingerprint density at radius 2 is 1.33 bits per heavy atom. The van der Waals surface area contributed by atoms with Gasteiger partial charge in [-0.25, -0.2) is 9.80 Å². The SMILES string of the molecule is O=C(Nc1ccc(OC(F)(F)F)cc1)N1CC(c2ccccc2)C(c2ccc(OC(F)(F)F)cc2)=N1. The molecule has 1 atom stereocenters. The van der Waals surface area contributed by atoms with Gasteiger partial charge in [-0.05, 0) is 59.7 Å². The number of nitrogens with zero attached hydrogens (tertiary/aromatic N) is 2. The van der Waals surface area contributed by atoms with Crippen molar-refractivity contribution in [2.75, 3.05) is 11.9 Å². The molecule has 3 aromatic carbocycles. The number of carbonyl (C=O) groups is 1. The Hall–Kier alpha value is -4.22. The first-order chi connectivity index (χ1) is 17.0. The normalized spacial score (nSPS) is 15.9. The maximum atomic E-state index is 12.8. The maximum Gasteiger partial charge on any atom is 0.573 e. The second kappa shape index (κ2) is 9.80. The standard InChI is InChI=1S/C24H17F6N3O3/c25-23(26,27)35-18-10-6-16(7-11-18)21-20(15-4-2-1-3-5-15)14-33(32-21)22(34)31-17-8-12-19(13-9-17)36-24(28,29)30/h1-13,20H,14H2,(H,31,34).